The summed E-state index contributed by atoms with van der Waals surface area (Å²) in [6.45, 7) is 0. The third-order valence-corrected chi connectivity index (χ3v) is 4.46. The van der Waals surface area contributed by atoms with Gasteiger partial charge in [-0.25, -0.2) is 0 Å². The van der Waals surface area contributed by atoms with Crippen molar-refractivity contribution in [2.24, 2.45) is 17.8 Å². The second-order valence-electron chi connectivity index (χ2n) is 5.03. The Morgan fingerprint density at radius 2 is 1.92 bits per heavy atom. The molecular formula is C10H16O2. The number of hydrogen-bond donors (Lipinski definition) is 2. The molecule has 2 N–H and O–H groups in total. The first-order chi connectivity index (χ1) is 5.69. The van der Waals surface area contributed by atoms with Crippen molar-refractivity contribution in [1.29, 1.82) is 0 Å². The van der Waals surface area contributed by atoms with E-state index in [4.69, 9.17) is 0 Å². The summed E-state index contributed by atoms with van der Waals surface area (Å²) in [6, 6.07) is 0. The van der Waals surface area contributed by atoms with E-state index in [2.05, 4.69) is 0 Å². The molecule has 3 aliphatic rings. The Morgan fingerprint density at radius 3 is 2.75 bits per heavy atom. The van der Waals surface area contributed by atoms with Gasteiger partial charge in [0.1, 0.15) is 0 Å². The van der Waals surface area contributed by atoms with Crippen LogP contribution in [0.1, 0.15) is 32.1 Å². The van der Waals surface area contributed by atoms with E-state index in [0.29, 0.717) is 17.8 Å². The zero-order valence-electron chi connectivity index (χ0n) is 7.24. The van der Waals surface area contributed by atoms with Crippen molar-refractivity contribution in [3.05, 3.63) is 0 Å². The van der Waals surface area contributed by atoms with E-state index in [0.717, 1.165) is 32.1 Å². The maximum Gasteiger partial charge on any atom is 0.0679 e. The summed E-state index contributed by atoms with van der Waals surface area (Å²) >= 11 is 0. The molecule has 3 saturated carbocycles. The van der Waals surface area contributed by atoms with Crippen LogP contribution in [0.4, 0.5) is 0 Å². The van der Waals surface area contributed by atoms with Crippen molar-refractivity contribution >= 4 is 0 Å². The van der Waals surface area contributed by atoms with Gasteiger partial charge in [0.25, 0.3) is 0 Å². The SMILES string of the molecule is OC1C2CCC3(O)CC1CC3C2. The third kappa shape index (κ3) is 0.728. The smallest absolute Gasteiger partial charge is 0.0679 e. The monoisotopic (exact) mass is 168 g/mol. The molecule has 3 bridgehead atoms. The van der Waals surface area contributed by atoms with E-state index < -0.39 is 0 Å². The van der Waals surface area contributed by atoms with Crippen LogP contribution in [-0.2, 0) is 0 Å². The molecule has 2 heteroatoms. The molecule has 3 aliphatic carbocycles. The highest BCUT2D eigenvalue weighted by atomic mass is 16.3. The van der Waals surface area contributed by atoms with Crippen LogP contribution in [0.15, 0.2) is 0 Å². The molecule has 12 heavy (non-hydrogen) atoms. The minimum absolute atomic E-state index is 0.0993. The van der Waals surface area contributed by atoms with Gasteiger partial charge in [-0.2, -0.15) is 0 Å². The van der Waals surface area contributed by atoms with Crippen LogP contribution >= 0.6 is 0 Å². The molecule has 5 atom stereocenters. The Morgan fingerprint density at radius 1 is 1.17 bits per heavy atom. The Kier molecular flexibility index (Phi) is 1.25. The quantitative estimate of drug-likeness (QED) is 0.564. The lowest BCUT2D eigenvalue weighted by Crippen LogP contribution is -2.41. The summed E-state index contributed by atoms with van der Waals surface area (Å²) in [5.74, 6) is 1.45. The molecule has 0 aromatic rings. The van der Waals surface area contributed by atoms with Crippen molar-refractivity contribution in [3.8, 4) is 0 Å². The second kappa shape index (κ2) is 2.05. The second-order valence-corrected chi connectivity index (χ2v) is 5.03. The molecule has 3 fully saturated rings. The van der Waals surface area contributed by atoms with Crippen LogP contribution in [-0.4, -0.2) is 21.9 Å². The zero-order chi connectivity index (χ0) is 8.34. The molecular weight excluding hydrogens is 152 g/mol. The summed E-state index contributed by atoms with van der Waals surface area (Å²) < 4.78 is 0. The number of hydrogen-bond acceptors (Lipinski definition) is 2. The zero-order valence-corrected chi connectivity index (χ0v) is 7.24. The summed E-state index contributed by atoms with van der Waals surface area (Å²) in [7, 11) is 0. The predicted octanol–water partition coefficient (Wildman–Crippen LogP) is 0.918. The van der Waals surface area contributed by atoms with Gasteiger partial charge in [0, 0.05) is 0 Å². The van der Waals surface area contributed by atoms with Crippen molar-refractivity contribution in [1.82, 2.24) is 0 Å². The minimum Gasteiger partial charge on any atom is -0.393 e. The van der Waals surface area contributed by atoms with Gasteiger partial charge < -0.3 is 10.2 Å². The molecule has 0 aliphatic heterocycles. The molecule has 2 nitrogen and oxygen atoms in total. The molecule has 0 saturated heterocycles. The van der Waals surface area contributed by atoms with E-state index in [1.807, 2.05) is 0 Å². The average molecular weight is 168 g/mol. The first-order valence-corrected chi connectivity index (χ1v) is 5.09. The molecule has 5 unspecified atom stereocenters. The predicted molar refractivity (Wildman–Crippen MR) is 44.5 cm³/mol. The van der Waals surface area contributed by atoms with Gasteiger partial charge >= 0.3 is 0 Å². The Bertz CT molecular complexity index is 216. The maximum atomic E-state index is 10.2. The molecule has 0 aromatic carbocycles. The van der Waals surface area contributed by atoms with Gasteiger partial charge in [-0.05, 0) is 49.9 Å². The number of aliphatic hydroxyl groups excluding tert-OH is 1. The van der Waals surface area contributed by atoms with E-state index in [1.165, 1.54) is 0 Å². The fraction of sp³-hybridized carbons (Fsp3) is 1.00. The maximum absolute atomic E-state index is 10.2. The first kappa shape index (κ1) is 7.34. The highest BCUT2D eigenvalue weighted by Gasteiger charge is 2.56. The largest absolute Gasteiger partial charge is 0.393 e. The first-order valence-electron chi connectivity index (χ1n) is 5.09. The summed E-state index contributed by atoms with van der Waals surface area (Å²) in [6.07, 6.45) is 4.91. The molecule has 0 amide bonds. The van der Waals surface area contributed by atoms with Crippen LogP contribution in [0, 0.1) is 17.8 Å². The van der Waals surface area contributed by atoms with Crippen LogP contribution in [0.2, 0.25) is 0 Å². The van der Waals surface area contributed by atoms with Crippen LogP contribution in [0.25, 0.3) is 0 Å². The Balaban J connectivity index is 2.00. The summed E-state index contributed by atoms with van der Waals surface area (Å²) in [5, 5.41) is 20.1. The Hall–Kier alpha value is -0.0800. The van der Waals surface area contributed by atoms with Gasteiger partial charge in [0.15, 0.2) is 0 Å². The van der Waals surface area contributed by atoms with E-state index in [-0.39, 0.29) is 11.7 Å². The van der Waals surface area contributed by atoms with Crippen LogP contribution in [0.3, 0.4) is 0 Å². The molecule has 68 valence electrons. The van der Waals surface area contributed by atoms with Crippen molar-refractivity contribution in [3.63, 3.8) is 0 Å². The van der Waals surface area contributed by atoms with Crippen molar-refractivity contribution in [2.75, 3.05) is 0 Å². The highest BCUT2D eigenvalue weighted by molar-refractivity contribution is 5.07. The number of rotatable bonds is 0. The van der Waals surface area contributed by atoms with Gasteiger partial charge in [-0.15, -0.1) is 0 Å². The van der Waals surface area contributed by atoms with Crippen LogP contribution in [0.5, 0.6) is 0 Å². The summed E-state index contributed by atoms with van der Waals surface area (Å²) in [4.78, 5) is 0. The fourth-order valence-electron chi connectivity index (χ4n) is 3.78. The molecule has 0 aromatic heterocycles. The lowest BCUT2D eigenvalue weighted by Gasteiger charge is -2.40. The molecule has 3 rings (SSSR count). The molecule has 0 heterocycles. The lowest BCUT2D eigenvalue weighted by molar-refractivity contribution is -0.0554. The van der Waals surface area contributed by atoms with Crippen LogP contribution < -0.4 is 0 Å². The van der Waals surface area contributed by atoms with Gasteiger partial charge in [-0.3, -0.25) is 0 Å². The van der Waals surface area contributed by atoms with E-state index >= 15 is 0 Å². The average Bonchev–Trinajstić information content (AvgIpc) is 2.30. The number of fused-ring (bicyclic) bond motifs is 2. The van der Waals surface area contributed by atoms with E-state index in [9.17, 15) is 10.2 Å². The highest BCUT2D eigenvalue weighted by Crippen LogP contribution is 2.57. The summed E-state index contributed by atoms with van der Waals surface area (Å²) in [5.41, 5.74) is -0.376. The standard InChI is InChI=1S/C10H16O2/c11-9-6-1-2-10(12)5-7(9)4-8(10)3-6/h6-9,11-12H,1-5H2. The molecule has 0 spiro atoms. The number of aliphatic hydroxyl groups is 2. The lowest BCUT2D eigenvalue weighted by atomic mass is 9.69. The topological polar surface area (TPSA) is 40.5 Å². The van der Waals surface area contributed by atoms with Gasteiger partial charge in [0.2, 0.25) is 0 Å². The van der Waals surface area contributed by atoms with Gasteiger partial charge in [-0.1, -0.05) is 0 Å². The van der Waals surface area contributed by atoms with Crippen molar-refractivity contribution < 1.29 is 10.2 Å². The third-order valence-electron chi connectivity index (χ3n) is 4.46. The molecule has 0 radical (unpaired) electrons. The van der Waals surface area contributed by atoms with Gasteiger partial charge in [0.05, 0.1) is 11.7 Å². The minimum atomic E-state index is -0.376. The fourth-order valence-corrected chi connectivity index (χ4v) is 3.78. The Labute approximate surface area is 72.6 Å². The van der Waals surface area contributed by atoms with E-state index in [1.54, 1.807) is 0 Å². The normalized spacial score (nSPS) is 62.5. The van der Waals surface area contributed by atoms with Crippen molar-refractivity contribution in [2.45, 2.75) is 43.8 Å².